The Hall–Kier alpha value is -2.36. The zero-order valence-electron chi connectivity index (χ0n) is 11.7. The van der Waals surface area contributed by atoms with E-state index in [2.05, 4.69) is 4.72 Å². The lowest BCUT2D eigenvalue weighted by atomic mass is 10.2. The lowest BCUT2D eigenvalue weighted by molar-refractivity contribution is -0.384. The lowest BCUT2D eigenvalue weighted by Crippen LogP contribution is -2.15. The summed E-state index contributed by atoms with van der Waals surface area (Å²) in [6.45, 7) is 0. The van der Waals surface area contributed by atoms with E-state index in [0.29, 0.717) is 0 Å². The van der Waals surface area contributed by atoms with Gasteiger partial charge in [-0.15, -0.1) is 0 Å². The first-order valence-electron chi connectivity index (χ1n) is 6.18. The molecule has 3 N–H and O–H groups in total. The number of rotatable bonds is 5. The third-order valence-corrected chi connectivity index (χ3v) is 4.94. The minimum Gasteiger partial charge on any atom is -0.366 e. The molecule has 0 spiro atoms. The normalized spacial score (nSPS) is 11.1. The Labute approximate surface area is 146 Å². The van der Waals surface area contributed by atoms with Crippen molar-refractivity contribution < 1.29 is 18.1 Å². The fraction of sp³-hybridized carbons (Fsp3) is 0. The van der Waals surface area contributed by atoms with Crippen LogP contribution in [0.4, 0.5) is 11.4 Å². The van der Waals surface area contributed by atoms with Gasteiger partial charge in [-0.25, -0.2) is 8.42 Å². The van der Waals surface area contributed by atoms with E-state index in [-0.39, 0.29) is 26.2 Å². The van der Waals surface area contributed by atoms with Crippen molar-refractivity contribution in [2.45, 2.75) is 4.90 Å². The van der Waals surface area contributed by atoms with E-state index < -0.39 is 26.5 Å². The van der Waals surface area contributed by atoms with Gasteiger partial charge in [0.2, 0.25) is 5.91 Å². The molecule has 0 saturated heterocycles. The van der Waals surface area contributed by atoms with Gasteiger partial charge in [-0.2, -0.15) is 0 Å². The Morgan fingerprint density at radius 3 is 2.33 bits per heavy atom. The number of nitrogens with two attached hydrogens (primary N) is 1. The standard InChI is InChI=1S/C13H9Cl2N3O5S/c14-10-3-1-7(5-9(10)13(16)19)17-24(22,23)8-2-4-11(15)12(6-8)18(20)21/h1-6,17H,(H2,16,19). The van der Waals surface area contributed by atoms with E-state index in [1.54, 1.807) is 0 Å². The molecule has 126 valence electrons. The first kappa shape index (κ1) is 18.0. The Morgan fingerprint density at radius 2 is 1.75 bits per heavy atom. The number of carbonyl (C=O) groups excluding carboxylic acids is 1. The van der Waals surface area contributed by atoms with Crippen LogP contribution in [-0.4, -0.2) is 19.2 Å². The second-order valence-corrected chi connectivity index (χ2v) is 7.03. The number of anilines is 1. The molecule has 0 saturated carbocycles. The van der Waals surface area contributed by atoms with Gasteiger partial charge in [0.05, 0.1) is 20.4 Å². The third kappa shape index (κ3) is 3.75. The van der Waals surface area contributed by atoms with Crippen LogP contribution in [0, 0.1) is 10.1 Å². The number of benzene rings is 2. The van der Waals surface area contributed by atoms with Crippen LogP contribution in [0.5, 0.6) is 0 Å². The fourth-order valence-corrected chi connectivity index (χ4v) is 3.26. The Balaban J connectivity index is 2.42. The summed E-state index contributed by atoms with van der Waals surface area (Å²) in [6.07, 6.45) is 0. The molecule has 0 fully saturated rings. The topological polar surface area (TPSA) is 132 Å². The zero-order chi connectivity index (χ0) is 18.1. The number of nitrogens with zero attached hydrogens (tertiary/aromatic N) is 1. The maximum absolute atomic E-state index is 12.3. The van der Waals surface area contributed by atoms with Gasteiger partial charge in [0.15, 0.2) is 0 Å². The quantitative estimate of drug-likeness (QED) is 0.598. The molecule has 0 aliphatic carbocycles. The summed E-state index contributed by atoms with van der Waals surface area (Å²) >= 11 is 11.4. The van der Waals surface area contributed by atoms with Crippen LogP contribution in [0.25, 0.3) is 0 Å². The molecule has 0 aliphatic heterocycles. The van der Waals surface area contributed by atoms with E-state index in [4.69, 9.17) is 28.9 Å². The fourth-order valence-electron chi connectivity index (χ4n) is 1.79. The minimum absolute atomic E-state index is 0.0193. The van der Waals surface area contributed by atoms with Gasteiger partial charge < -0.3 is 5.73 Å². The molecule has 0 unspecified atom stereocenters. The van der Waals surface area contributed by atoms with Crippen LogP contribution < -0.4 is 10.5 Å². The molecule has 0 aliphatic rings. The van der Waals surface area contributed by atoms with E-state index in [9.17, 15) is 23.3 Å². The van der Waals surface area contributed by atoms with E-state index in [0.717, 1.165) is 24.3 Å². The van der Waals surface area contributed by atoms with Gasteiger partial charge in [-0.3, -0.25) is 19.6 Å². The molecule has 8 nitrogen and oxygen atoms in total. The van der Waals surface area contributed by atoms with E-state index in [1.165, 1.54) is 12.1 Å². The number of nitro groups is 1. The highest BCUT2D eigenvalue weighted by Gasteiger charge is 2.21. The van der Waals surface area contributed by atoms with Crippen molar-refractivity contribution in [3.63, 3.8) is 0 Å². The van der Waals surface area contributed by atoms with E-state index >= 15 is 0 Å². The summed E-state index contributed by atoms with van der Waals surface area (Å²) in [7, 11) is -4.15. The number of amides is 1. The SMILES string of the molecule is NC(=O)c1cc(NS(=O)(=O)c2ccc(Cl)c([N+](=O)[O-])c2)ccc1Cl. The second-order valence-electron chi connectivity index (χ2n) is 4.53. The molecule has 24 heavy (non-hydrogen) atoms. The maximum Gasteiger partial charge on any atom is 0.289 e. The molecular weight excluding hydrogens is 381 g/mol. The van der Waals surface area contributed by atoms with Crippen molar-refractivity contribution >= 4 is 50.5 Å². The summed E-state index contributed by atoms with van der Waals surface area (Å²) < 4.78 is 26.8. The average molecular weight is 390 g/mol. The predicted octanol–water partition coefficient (Wildman–Crippen LogP) is 2.80. The predicted molar refractivity (Wildman–Crippen MR) is 88.9 cm³/mol. The van der Waals surface area contributed by atoms with Crippen LogP contribution in [0.2, 0.25) is 10.0 Å². The number of primary amides is 1. The van der Waals surface area contributed by atoms with Gasteiger partial charge >= 0.3 is 0 Å². The lowest BCUT2D eigenvalue weighted by Gasteiger charge is -2.10. The molecule has 1 amide bonds. The highest BCUT2D eigenvalue weighted by molar-refractivity contribution is 7.92. The highest BCUT2D eigenvalue weighted by Crippen LogP contribution is 2.28. The molecule has 0 bridgehead atoms. The second kappa shape index (κ2) is 6.63. The van der Waals surface area contributed by atoms with Crippen molar-refractivity contribution in [3.05, 3.63) is 62.1 Å². The summed E-state index contributed by atoms with van der Waals surface area (Å²) in [4.78, 5) is 20.9. The molecule has 0 aromatic heterocycles. The van der Waals surface area contributed by atoms with Crippen molar-refractivity contribution in [1.29, 1.82) is 0 Å². The van der Waals surface area contributed by atoms with Crippen molar-refractivity contribution in [2.75, 3.05) is 4.72 Å². The maximum atomic E-state index is 12.3. The average Bonchev–Trinajstić information content (AvgIpc) is 2.48. The van der Waals surface area contributed by atoms with Crippen LogP contribution in [-0.2, 0) is 10.0 Å². The van der Waals surface area contributed by atoms with Crippen LogP contribution in [0.15, 0.2) is 41.3 Å². The molecular formula is C13H9Cl2N3O5S. The number of sulfonamides is 1. The number of nitrogens with one attached hydrogen (secondary N) is 1. The monoisotopic (exact) mass is 389 g/mol. The minimum atomic E-state index is -4.15. The van der Waals surface area contributed by atoms with Gasteiger partial charge in [0.1, 0.15) is 5.02 Å². The largest absolute Gasteiger partial charge is 0.366 e. The molecule has 2 rings (SSSR count). The molecule has 0 heterocycles. The summed E-state index contributed by atoms with van der Waals surface area (Å²) in [5, 5.41) is 10.7. The van der Waals surface area contributed by atoms with Crippen LogP contribution in [0.3, 0.4) is 0 Å². The van der Waals surface area contributed by atoms with Gasteiger partial charge in [0.25, 0.3) is 15.7 Å². The number of carbonyl (C=O) groups is 1. The molecule has 11 heteroatoms. The Bertz CT molecular complexity index is 947. The number of halogens is 2. The van der Waals surface area contributed by atoms with E-state index in [1.807, 2.05) is 0 Å². The van der Waals surface area contributed by atoms with Crippen LogP contribution in [0.1, 0.15) is 10.4 Å². The summed E-state index contributed by atoms with van der Waals surface area (Å²) in [6, 6.07) is 6.82. The summed E-state index contributed by atoms with van der Waals surface area (Å²) in [5.41, 5.74) is 4.54. The number of nitro benzene ring substituents is 1. The van der Waals surface area contributed by atoms with Crippen molar-refractivity contribution in [3.8, 4) is 0 Å². The van der Waals surface area contributed by atoms with Gasteiger partial charge in [-0.1, -0.05) is 23.2 Å². The number of hydrogen-bond acceptors (Lipinski definition) is 5. The molecule has 0 radical (unpaired) electrons. The highest BCUT2D eigenvalue weighted by atomic mass is 35.5. The Morgan fingerprint density at radius 1 is 1.12 bits per heavy atom. The molecule has 0 atom stereocenters. The zero-order valence-corrected chi connectivity index (χ0v) is 14.0. The van der Waals surface area contributed by atoms with Gasteiger partial charge in [0, 0.05) is 11.8 Å². The molecule has 2 aromatic carbocycles. The van der Waals surface area contributed by atoms with Crippen molar-refractivity contribution in [1.82, 2.24) is 0 Å². The van der Waals surface area contributed by atoms with Crippen LogP contribution >= 0.6 is 23.2 Å². The molecule has 2 aromatic rings. The first-order chi connectivity index (χ1) is 11.1. The summed E-state index contributed by atoms with van der Waals surface area (Å²) in [5.74, 6) is -0.830. The smallest absolute Gasteiger partial charge is 0.289 e. The van der Waals surface area contributed by atoms with Gasteiger partial charge in [-0.05, 0) is 30.3 Å². The van der Waals surface area contributed by atoms with Crippen molar-refractivity contribution in [2.24, 2.45) is 5.73 Å². The Kier molecular flexibility index (Phi) is 4.97. The number of hydrogen-bond donors (Lipinski definition) is 2. The first-order valence-corrected chi connectivity index (χ1v) is 8.42. The third-order valence-electron chi connectivity index (χ3n) is 2.91.